The van der Waals surface area contributed by atoms with Crippen molar-refractivity contribution in [2.45, 2.75) is 58.5 Å². The van der Waals surface area contributed by atoms with Gasteiger partial charge < -0.3 is 9.63 Å². The Morgan fingerprint density at radius 2 is 2.13 bits per heavy atom. The second-order valence-corrected chi connectivity index (χ2v) is 3.92. The van der Waals surface area contributed by atoms with Crippen molar-refractivity contribution in [1.29, 1.82) is 0 Å². The van der Waals surface area contributed by atoms with E-state index in [1.165, 1.54) is 0 Å². The Balaban J connectivity index is 2.58. The fourth-order valence-corrected chi connectivity index (χ4v) is 1.41. The Bertz CT molecular complexity index is 286. The van der Waals surface area contributed by atoms with Gasteiger partial charge in [-0.25, -0.2) is 0 Å². The normalized spacial score (nSPS) is 15.2. The van der Waals surface area contributed by atoms with Gasteiger partial charge in [0, 0.05) is 6.42 Å². The lowest BCUT2D eigenvalue weighted by Gasteiger charge is -2.11. The van der Waals surface area contributed by atoms with Gasteiger partial charge >= 0.3 is 0 Å². The molecule has 2 unspecified atom stereocenters. The molecule has 4 nitrogen and oxygen atoms in total. The van der Waals surface area contributed by atoms with Gasteiger partial charge in [0.2, 0.25) is 5.89 Å². The summed E-state index contributed by atoms with van der Waals surface area (Å²) < 4.78 is 5.13. The maximum absolute atomic E-state index is 9.64. The summed E-state index contributed by atoms with van der Waals surface area (Å²) >= 11 is 0. The fourth-order valence-electron chi connectivity index (χ4n) is 1.41. The molecule has 0 saturated carbocycles. The molecule has 15 heavy (non-hydrogen) atoms. The maximum atomic E-state index is 9.64. The van der Waals surface area contributed by atoms with Crippen LogP contribution in [-0.2, 0) is 6.42 Å². The van der Waals surface area contributed by atoms with Gasteiger partial charge in [0.05, 0.1) is 12.0 Å². The van der Waals surface area contributed by atoms with Crippen LogP contribution in [0.15, 0.2) is 4.52 Å². The summed E-state index contributed by atoms with van der Waals surface area (Å²) in [5.74, 6) is 1.23. The Labute approximate surface area is 90.7 Å². The van der Waals surface area contributed by atoms with Crippen LogP contribution in [0.3, 0.4) is 0 Å². The number of aryl methyl sites for hydroxylation is 1. The number of hydrogen-bond acceptors (Lipinski definition) is 4. The van der Waals surface area contributed by atoms with Gasteiger partial charge in [-0.1, -0.05) is 32.3 Å². The van der Waals surface area contributed by atoms with Crippen LogP contribution >= 0.6 is 0 Å². The summed E-state index contributed by atoms with van der Waals surface area (Å²) in [4.78, 5) is 4.28. The van der Waals surface area contributed by atoms with E-state index < -0.39 is 6.10 Å². The zero-order valence-electron chi connectivity index (χ0n) is 9.73. The molecule has 0 radical (unpaired) electrons. The molecule has 0 aliphatic rings. The van der Waals surface area contributed by atoms with Crippen molar-refractivity contribution in [2.75, 3.05) is 0 Å². The highest BCUT2D eigenvalue weighted by Gasteiger charge is 2.20. The van der Waals surface area contributed by atoms with Gasteiger partial charge in [-0.3, -0.25) is 0 Å². The van der Waals surface area contributed by atoms with E-state index in [0.29, 0.717) is 12.3 Å². The number of aliphatic hydroxyl groups excluding tert-OH is 1. The van der Waals surface area contributed by atoms with Crippen LogP contribution < -0.4 is 0 Å². The van der Waals surface area contributed by atoms with Crippen LogP contribution in [0.2, 0.25) is 0 Å². The van der Waals surface area contributed by atoms with Crippen LogP contribution in [0.4, 0.5) is 0 Å². The van der Waals surface area contributed by atoms with E-state index in [9.17, 15) is 5.11 Å². The molecule has 4 heteroatoms. The molecule has 1 heterocycles. The Kier molecular flexibility index (Phi) is 4.75. The maximum Gasteiger partial charge on any atom is 0.232 e. The van der Waals surface area contributed by atoms with Gasteiger partial charge in [0.1, 0.15) is 0 Å². The first kappa shape index (κ1) is 12.2. The number of nitrogens with zero attached hydrogens (tertiary/aromatic N) is 2. The predicted molar refractivity (Wildman–Crippen MR) is 57.6 cm³/mol. The van der Waals surface area contributed by atoms with Crippen LogP contribution in [0, 0.1) is 0 Å². The third kappa shape index (κ3) is 3.30. The standard InChI is InChI=1S/C11H20N2O2/c1-4-6-7-10-12-11(15-13-10)8(3)9(14)5-2/h8-9,14H,4-7H2,1-3H3. The first-order valence-corrected chi connectivity index (χ1v) is 5.69. The van der Waals surface area contributed by atoms with Crippen molar-refractivity contribution in [2.24, 2.45) is 0 Å². The molecule has 1 N–H and O–H groups in total. The van der Waals surface area contributed by atoms with E-state index in [2.05, 4.69) is 17.1 Å². The van der Waals surface area contributed by atoms with Crippen molar-refractivity contribution in [3.8, 4) is 0 Å². The lowest BCUT2D eigenvalue weighted by Crippen LogP contribution is -2.14. The lowest BCUT2D eigenvalue weighted by molar-refractivity contribution is 0.129. The number of aliphatic hydroxyl groups is 1. The van der Waals surface area contributed by atoms with Crippen molar-refractivity contribution in [1.82, 2.24) is 10.1 Å². The van der Waals surface area contributed by atoms with Crippen LogP contribution in [-0.4, -0.2) is 21.4 Å². The van der Waals surface area contributed by atoms with Crippen LogP contribution in [0.1, 0.15) is 57.7 Å². The zero-order valence-corrected chi connectivity index (χ0v) is 9.73. The van der Waals surface area contributed by atoms with Crippen LogP contribution in [0.25, 0.3) is 0 Å². The molecule has 0 bridgehead atoms. The summed E-state index contributed by atoms with van der Waals surface area (Å²) in [6, 6.07) is 0. The topological polar surface area (TPSA) is 59.2 Å². The van der Waals surface area contributed by atoms with Gasteiger partial charge in [-0.05, 0) is 12.8 Å². The van der Waals surface area contributed by atoms with Crippen molar-refractivity contribution >= 4 is 0 Å². The lowest BCUT2D eigenvalue weighted by atomic mass is 10.0. The molecule has 0 amide bonds. The first-order chi connectivity index (χ1) is 7.19. The summed E-state index contributed by atoms with van der Waals surface area (Å²) in [5, 5.41) is 13.5. The number of unbranched alkanes of at least 4 members (excludes halogenated alkanes) is 1. The number of aromatic nitrogens is 2. The largest absolute Gasteiger partial charge is 0.392 e. The highest BCUT2D eigenvalue weighted by molar-refractivity contribution is 4.95. The summed E-state index contributed by atoms with van der Waals surface area (Å²) in [6.45, 7) is 5.98. The van der Waals surface area contributed by atoms with Crippen molar-refractivity contribution in [3.63, 3.8) is 0 Å². The third-order valence-electron chi connectivity index (χ3n) is 2.62. The van der Waals surface area contributed by atoms with Gasteiger partial charge in [-0.15, -0.1) is 0 Å². The SMILES string of the molecule is CCCCc1noc(C(C)C(O)CC)n1. The molecule has 0 saturated heterocycles. The average molecular weight is 212 g/mol. The molecule has 2 atom stereocenters. The van der Waals surface area contributed by atoms with E-state index in [0.717, 1.165) is 25.1 Å². The highest BCUT2D eigenvalue weighted by Crippen LogP contribution is 2.19. The minimum absolute atomic E-state index is 0.0714. The molecule has 1 aromatic heterocycles. The molecule has 1 aromatic rings. The van der Waals surface area contributed by atoms with E-state index in [-0.39, 0.29) is 5.92 Å². The fraction of sp³-hybridized carbons (Fsp3) is 0.818. The van der Waals surface area contributed by atoms with E-state index in [4.69, 9.17) is 4.52 Å². The molecule has 1 rings (SSSR count). The monoisotopic (exact) mass is 212 g/mol. The van der Waals surface area contributed by atoms with Crippen molar-refractivity contribution in [3.05, 3.63) is 11.7 Å². The first-order valence-electron chi connectivity index (χ1n) is 5.69. The minimum atomic E-state index is -0.399. The van der Waals surface area contributed by atoms with Crippen LogP contribution in [0.5, 0.6) is 0 Å². The molecule has 0 aliphatic heterocycles. The van der Waals surface area contributed by atoms with E-state index >= 15 is 0 Å². The minimum Gasteiger partial charge on any atom is -0.392 e. The van der Waals surface area contributed by atoms with E-state index in [1.807, 2.05) is 13.8 Å². The zero-order chi connectivity index (χ0) is 11.3. The third-order valence-corrected chi connectivity index (χ3v) is 2.62. The second kappa shape index (κ2) is 5.85. The number of rotatable bonds is 6. The van der Waals surface area contributed by atoms with Gasteiger partial charge in [0.25, 0.3) is 0 Å². The Morgan fingerprint density at radius 1 is 1.40 bits per heavy atom. The molecular formula is C11H20N2O2. The molecule has 86 valence electrons. The summed E-state index contributed by atoms with van der Waals surface area (Å²) in [6.07, 6.45) is 3.35. The summed E-state index contributed by atoms with van der Waals surface area (Å²) in [7, 11) is 0. The predicted octanol–water partition coefficient (Wildman–Crippen LogP) is 2.29. The Hall–Kier alpha value is -0.900. The molecule has 0 aliphatic carbocycles. The second-order valence-electron chi connectivity index (χ2n) is 3.92. The molecule has 0 spiro atoms. The van der Waals surface area contributed by atoms with Gasteiger partial charge in [-0.2, -0.15) is 4.98 Å². The Morgan fingerprint density at radius 3 is 2.73 bits per heavy atom. The smallest absolute Gasteiger partial charge is 0.232 e. The molecular weight excluding hydrogens is 192 g/mol. The highest BCUT2D eigenvalue weighted by atomic mass is 16.5. The number of hydrogen-bond donors (Lipinski definition) is 1. The molecule has 0 aromatic carbocycles. The quantitative estimate of drug-likeness (QED) is 0.786. The average Bonchev–Trinajstić information content (AvgIpc) is 2.72. The van der Waals surface area contributed by atoms with Crippen molar-refractivity contribution < 1.29 is 9.63 Å². The van der Waals surface area contributed by atoms with E-state index in [1.54, 1.807) is 0 Å². The molecule has 0 fully saturated rings. The summed E-state index contributed by atoms with van der Waals surface area (Å²) in [5.41, 5.74) is 0. The van der Waals surface area contributed by atoms with Gasteiger partial charge in [0.15, 0.2) is 5.82 Å².